The van der Waals surface area contributed by atoms with Gasteiger partial charge < -0.3 is 19.5 Å². The van der Waals surface area contributed by atoms with Crippen LogP contribution < -0.4 is 10.1 Å². The molecule has 0 saturated carbocycles. The Morgan fingerprint density at radius 1 is 1.00 bits per heavy atom. The zero-order valence-corrected chi connectivity index (χ0v) is 14.5. The minimum absolute atomic E-state index is 0.106. The van der Waals surface area contributed by atoms with Crippen molar-refractivity contribution in [2.75, 3.05) is 19.5 Å². The fraction of sp³-hybridized carbons (Fsp3) is 0.211. The normalized spacial score (nSPS) is 9.92. The second-order valence-corrected chi connectivity index (χ2v) is 5.28. The van der Waals surface area contributed by atoms with Crippen molar-refractivity contribution in [3.63, 3.8) is 0 Å². The Bertz CT molecular complexity index is 788. The predicted molar refractivity (Wildman–Crippen MR) is 93.8 cm³/mol. The summed E-state index contributed by atoms with van der Waals surface area (Å²) < 4.78 is 14.8. The van der Waals surface area contributed by atoms with Crippen LogP contribution in [-0.2, 0) is 25.7 Å². The first-order valence-electron chi connectivity index (χ1n) is 7.79. The fourth-order valence-corrected chi connectivity index (χ4v) is 2.17. The molecular formula is C19H19NO6. The van der Waals surface area contributed by atoms with Crippen molar-refractivity contribution >= 4 is 23.5 Å². The van der Waals surface area contributed by atoms with Gasteiger partial charge in [0.1, 0.15) is 24.3 Å². The van der Waals surface area contributed by atoms with Crippen LogP contribution in [0.1, 0.15) is 22.3 Å². The Morgan fingerprint density at radius 3 is 2.38 bits per heavy atom. The maximum Gasteiger partial charge on any atom is 0.341 e. The molecule has 0 aliphatic carbocycles. The molecule has 0 aliphatic rings. The van der Waals surface area contributed by atoms with E-state index < -0.39 is 24.3 Å². The molecule has 0 aromatic heterocycles. The van der Waals surface area contributed by atoms with Crippen LogP contribution in [0.5, 0.6) is 5.75 Å². The van der Waals surface area contributed by atoms with Gasteiger partial charge in [-0.15, -0.1) is 0 Å². The van der Waals surface area contributed by atoms with E-state index in [4.69, 9.17) is 9.47 Å². The smallest absolute Gasteiger partial charge is 0.341 e. The number of benzene rings is 2. The van der Waals surface area contributed by atoms with Gasteiger partial charge in [0.15, 0.2) is 0 Å². The van der Waals surface area contributed by atoms with E-state index in [0.29, 0.717) is 5.69 Å². The third-order valence-electron chi connectivity index (χ3n) is 3.44. The SMILES string of the molecule is COC(=O)c1ccc(NC(=O)CC(=O)OCc2ccccc2)cc1OC. The highest BCUT2D eigenvalue weighted by Crippen LogP contribution is 2.24. The molecule has 26 heavy (non-hydrogen) atoms. The molecule has 0 radical (unpaired) electrons. The Morgan fingerprint density at radius 2 is 1.73 bits per heavy atom. The number of methoxy groups -OCH3 is 2. The lowest BCUT2D eigenvalue weighted by Gasteiger charge is -2.10. The lowest BCUT2D eigenvalue weighted by atomic mass is 10.1. The molecule has 1 amide bonds. The standard InChI is InChI=1S/C19H19NO6/c1-24-16-10-14(8-9-15(16)19(23)25-2)20-17(21)11-18(22)26-12-13-6-4-3-5-7-13/h3-10H,11-12H2,1-2H3,(H,20,21). The van der Waals surface area contributed by atoms with Crippen LogP contribution in [0.2, 0.25) is 0 Å². The third kappa shape index (κ3) is 5.34. The van der Waals surface area contributed by atoms with E-state index in [-0.39, 0.29) is 17.9 Å². The molecule has 2 aromatic carbocycles. The zero-order chi connectivity index (χ0) is 18.9. The van der Waals surface area contributed by atoms with Crippen LogP contribution in [0.4, 0.5) is 5.69 Å². The van der Waals surface area contributed by atoms with E-state index in [1.165, 1.54) is 32.4 Å². The van der Waals surface area contributed by atoms with Gasteiger partial charge >= 0.3 is 11.9 Å². The van der Waals surface area contributed by atoms with Gasteiger partial charge in [0.25, 0.3) is 0 Å². The number of anilines is 1. The maximum absolute atomic E-state index is 12.0. The van der Waals surface area contributed by atoms with Crippen LogP contribution in [0.3, 0.4) is 0 Å². The summed E-state index contributed by atoms with van der Waals surface area (Å²) in [7, 11) is 2.66. The molecule has 0 heterocycles. The van der Waals surface area contributed by atoms with Gasteiger partial charge in [-0.3, -0.25) is 9.59 Å². The molecule has 0 fully saturated rings. The summed E-state index contributed by atoms with van der Waals surface area (Å²) in [4.78, 5) is 35.3. The van der Waals surface area contributed by atoms with Crippen LogP contribution in [0, 0.1) is 0 Å². The van der Waals surface area contributed by atoms with E-state index in [1.807, 2.05) is 30.3 Å². The number of carbonyl (C=O) groups is 3. The van der Waals surface area contributed by atoms with E-state index in [2.05, 4.69) is 10.1 Å². The lowest BCUT2D eigenvalue weighted by Crippen LogP contribution is -2.18. The summed E-state index contributed by atoms with van der Waals surface area (Å²) in [5, 5.41) is 2.56. The summed E-state index contributed by atoms with van der Waals surface area (Å²) in [5.74, 6) is -1.47. The van der Waals surface area contributed by atoms with Crippen LogP contribution in [0.15, 0.2) is 48.5 Å². The number of hydrogen-bond donors (Lipinski definition) is 1. The molecule has 7 heteroatoms. The van der Waals surface area contributed by atoms with Gasteiger partial charge in [0.2, 0.25) is 5.91 Å². The van der Waals surface area contributed by atoms with Crippen LogP contribution in [-0.4, -0.2) is 32.1 Å². The van der Waals surface area contributed by atoms with Crippen LogP contribution >= 0.6 is 0 Å². The minimum Gasteiger partial charge on any atom is -0.496 e. The Hall–Kier alpha value is -3.35. The van der Waals surface area contributed by atoms with E-state index >= 15 is 0 Å². The van der Waals surface area contributed by atoms with Crippen molar-refractivity contribution < 1.29 is 28.6 Å². The first-order valence-corrected chi connectivity index (χ1v) is 7.79. The molecule has 0 unspecified atom stereocenters. The van der Waals surface area contributed by atoms with Gasteiger partial charge in [-0.1, -0.05) is 30.3 Å². The van der Waals surface area contributed by atoms with Crippen molar-refractivity contribution in [1.29, 1.82) is 0 Å². The molecule has 0 atom stereocenters. The number of hydrogen-bond acceptors (Lipinski definition) is 6. The van der Waals surface area contributed by atoms with E-state index in [0.717, 1.165) is 5.56 Å². The molecule has 2 rings (SSSR count). The molecule has 0 aliphatic heterocycles. The van der Waals surface area contributed by atoms with Gasteiger partial charge in [-0.2, -0.15) is 0 Å². The van der Waals surface area contributed by atoms with Crippen molar-refractivity contribution in [3.8, 4) is 5.75 Å². The summed E-state index contributed by atoms with van der Waals surface area (Å²) in [6.45, 7) is 0.106. The molecule has 136 valence electrons. The largest absolute Gasteiger partial charge is 0.496 e. The molecule has 0 bridgehead atoms. The number of carbonyl (C=O) groups excluding carboxylic acids is 3. The zero-order valence-electron chi connectivity index (χ0n) is 14.5. The van der Waals surface area contributed by atoms with Gasteiger partial charge in [-0.25, -0.2) is 4.79 Å². The summed E-state index contributed by atoms with van der Waals surface area (Å²) in [6.07, 6.45) is -0.423. The minimum atomic E-state index is -0.635. The van der Waals surface area contributed by atoms with Crippen molar-refractivity contribution in [3.05, 3.63) is 59.7 Å². The number of rotatable bonds is 7. The lowest BCUT2D eigenvalue weighted by molar-refractivity contribution is -0.146. The quantitative estimate of drug-likeness (QED) is 0.605. The number of nitrogens with one attached hydrogen (secondary N) is 1. The van der Waals surface area contributed by atoms with Crippen LogP contribution in [0.25, 0.3) is 0 Å². The van der Waals surface area contributed by atoms with Gasteiger partial charge in [-0.05, 0) is 17.7 Å². The van der Waals surface area contributed by atoms with E-state index in [1.54, 1.807) is 0 Å². The molecule has 1 N–H and O–H groups in total. The summed E-state index contributed by atoms with van der Waals surface area (Å²) in [5.41, 5.74) is 1.45. The number of amides is 1. The molecule has 0 saturated heterocycles. The average molecular weight is 357 g/mol. The van der Waals surface area contributed by atoms with Crippen molar-refractivity contribution in [2.24, 2.45) is 0 Å². The highest BCUT2D eigenvalue weighted by molar-refractivity contribution is 6.02. The first-order chi connectivity index (χ1) is 12.5. The van der Waals surface area contributed by atoms with E-state index in [9.17, 15) is 14.4 Å². The second kappa shape index (κ2) is 9.22. The Kier molecular flexibility index (Phi) is 6.73. The van der Waals surface area contributed by atoms with Gasteiger partial charge in [0.05, 0.1) is 14.2 Å². The van der Waals surface area contributed by atoms with Crippen molar-refractivity contribution in [2.45, 2.75) is 13.0 Å². The molecule has 0 spiro atoms. The third-order valence-corrected chi connectivity index (χ3v) is 3.44. The fourth-order valence-electron chi connectivity index (χ4n) is 2.17. The summed E-state index contributed by atoms with van der Waals surface area (Å²) in [6, 6.07) is 13.6. The number of esters is 2. The van der Waals surface area contributed by atoms with Gasteiger partial charge in [0, 0.05) is 11.8 Å². The molecule has 2 aromatic rings. The highest BCUT2D eigenvalue weighted by atomic mass is 16.5. The predicted octanol–water partition coefficient (Wildman–Crippen LogP) is 2.55. The summed E-state index contributed by atoms with van der Waals surface area (Å²) >= 11 is 0. The first kappa shape index (κ1) is 19.0. The molecular weight excluding hydrogens is 338 g/mol. The monoisotopic (exact) mass is 357 g/mol. The topological polar surface area (TPSA) is 90.9 Å². The Labute approximate surface area is 150 Å². The Balaban J connectivity index is 1.90. The second-order valence-electron chi connectivity index (χ2n) is 5.28. The highest BCUT2D eigenvalue weighted by Gasteiger charge is 2.15. The molecule has 7 nitrogen and oxygen atoms in total. The number of ether oxygens (including phenoxy) is 3. The van der Waals surface area contributed by atoms with Crippen molar-refractivity contribution in [1.82, 2.24) is 0 Å². The maximum atomic E-state index is 12.0. The average Bonchev–Trinajstić information content (AvgIpc) is 2.66.